The molecule has 1 saturated heterocycles. The Morgan fingerprint density at radius 2 is 1.74 bits per heavy atom. The zero-order valence-electron chi connectivity index (χ0n) is 16.7. The number of aromatic nitrogens is 3. The van der Waals surface area contributed by atoms with Crippen molar-refractivity contribution in [2.45, 2.75) is 43.4 Å². The Bertz CT molecular complexity index is 1010. The standard InChI is InChI=1S/C21H22F3N5O2/c22-21(23,24)12-29-10-15(11-29)20-27-26-19(30-20)14-6-16(7-14)25-9-17-8-18(28-31-17)13-4-2-1-3-5-13/h1-5,8,14-16,25H,6-7,9-12H2/t14-,16-. The second kappa shape index (κ2) is 8.08. The normalized spacial score (nSPS) is 22.3. The van der Waals surface area contributed by atoms with Gasteiger partial charge in [0, 0.05) is 36.7 Å². The molecule has 10 heteroatoms. The average Bonchev–Trinajstić information content (AvgIpc) is 3.33. The van der Waals surface area contributed by atoms with E-state index < -0.39 is 12.7 Å². The summed E-state index contributed by atoms with van der Waals surface area (Å²) in [6, 6.07) is 12.1. The second-order valence-corrected chi connectivity index (χ2v) is 8.28. The van der Waals surface area contributed by atoms with Crippen LogP contribution < -0.4 is 5.32 Å². The molecular formula is C21H22F3N5O2. The van der Waals surface area contributed by atoms with Crippen molar-refractivity contribution in [2.24, 2.45) is 0 Å². The van der Waals surface area contributed by atoms with E-state index in [9.17, 15) is 13.2 Å². The van der Waals surface area contributed by atoms with E-state index in [-0.39, 0.29) is 11.8 Å². The molecular weight excluding hydrogens is 411 g/mol. The first-order valence-electron chi connectivity index (χ1n) is 10.3. The molecule has 1 aliphatic heterocycles. The summed E-state index contributed by atoms with van der Waals surface area (Å²) in [7, 11) is 0. The van der Waals surface area contributed by atoms with Gasteiger partial charge in [0.15, 0.2) is 5.76 Å². The maximum atomic E-state index is 12.4. The number of benzene rings is 1. The van der Waals surface area contributed by atoms with Gasteiger partial charge in [-0.1, -0.05) is 35.5 Å². The van der Waals surface area contributed by atoms with E-state index in [1.54, 1.807) is 0 Å². The molecule has 3 heterocycles. The van der Waals surface area contributed by atoms with Crippen molar-refractivity contribution in [2.75, 3.05) is 19.6 Å². The molecule has 1 saturated carbocycles. The van der Waals surface area contributed by atoms with Crippen LogP contribution in [-0.4, -0.2) is 52.1 Å². The number of nitrogens with one attached hydrogen (secondary N) is 1. The first kappa shape index (κ1) is 20.2. The van der Waals surface area contributed by atoms with Gasteiger partial charge in [0.2, 0.25) is 11.8 Å². The minimum Gasteiger partial charge on any atom is -0.425 e. The molecule has 0 radical (unpaired) electrons. The average molecular weight is 433 g/mol. The molecule has 0 bridgehead atoms. The lowest BCUT2D eigenvalue weighted by Crippen LogP contribution is -2.49. The summed E-state index contributed by atoms with van der Waals surface area (Å²) in [4.78, 5) is 1.34. The topological polar surface area (TPSA) is 80.2 Å². The Hall–Kier alpha value is -2.72. The van der Waals surface area contributed by atoms with Crippen molar-refractivity contribution in [3.05, 3.63) is 53.9 Å². The summed E-state index contributed by atoms with van der Waals surface area (Å²) in [6.45, 7) is 0.304. The summed E-state index contributed by atoms with van der Waals surface area (Å²) < 4.78 is 48.4. The summed E-state index contributed by atoms with van der Waals surface area (Å²) in [5.74, 6) is 1.87. The summed E-state index contributed by atoms with van der Waals surface area (Å²) in [6.07, 6.45) is -2.44. The Labute approximate surface area is 176 Å². The first-order valence-corrected chi connectivity index (χ1v) is 10.3. The molecule has 1 aliphatic carbocycles. The molecule has 2 aromatic heterocycles. The number of halogens is 3. The third-order valence-corrected chi connectivity index (χ3v) is 5.85. The number of hydrogen-bond acceptors (Lipinski definition) is 7. The number of alkyl halides is 3. The fourth-order valence-corrected chi connectivity index (χ4v) is 4.06. The molecule has 0 atom stereocenters. The van der Waals surface area contributed by atoms with Gasteiger partial charge in [-0.05, 0) is 12.8 Å². The fraction of sp³-hybridized carbons (Fsp3) is 0.476. The van der Waals surface area contributed by atoms with Gasteiger partial charge in [-0.3, -0.25) is 4.90 Å². The van der Waals surface area contributed by atoms with Gasteiger partial charge in [-0.15, -0.1) is 10.2 Å². The third kappa shape index (κ3) is 4.64. The molecule has 5 rings (SSSR count). The van der Waals surface area contributed by atoms with Gasteiger partial charge in [0.1, 0.15) is 5.69 Å². The van der Waals surface area contributed by atoms with Gasteiger partial charge in [-0.25, -0.2) is 0 Å². The lowest BCUT2D eigenvalue weighted by Gasteiger charge is -2.37. The maximum Gasteiger partial charge on any atom is 0.401 e. The Morgan fingerprint density at radius 3 is 2.45 bits per heavy atom. The van der Waals surface area contributed by atoms with Gasteiger partial charge in [0.05, 0.1) is 19.0 Å². The SMILES string of the molecule is FC(F)(F)CN1CC(c2nnc([C@H]3C[C@H](NCc4cc(-c5ccccc5)no4)C3)o2)C1. The maximum absolute atomic E-state index is 12.4. The highest BCUT2D eigenvalue weighted by Gasteiger charge is 2.40. The van der Waals surface area contributed by atoms with Crippen molar-refractivity contribution < 1.29 is 22.1 Å². The summed E-state index contributed by atoms with van der Waals surface area (Å²) >= 11 is 0. The van der Waals surface area contributed by atoms with Crippen LogP contribution in [0.4, 0.5) is 13.2 Å². The largest absolute Gasteiger partial charge is 0.425 e. The Kier molecular flexibility index (Phi) is 5.27. The molecule has 164 valence electrons. The fourth-order valence-electron chi connectivity index (χ4n) is 4.06. The van der Waals surface area contributed by atoms with Crippen LogP contribution in [-0.2, 0) is 6.54 Å². The van der Waals surface area contributed by atoms with E-state index in [1.807, 2.05) is 36.4 Å². The molecule has 0 unspecified atom stereocenters. The van der Waals surface area contributed by atoms with Gasteiger partial charge in [-0.2, -0.15) is 13.2 Å². The lowest BCUT2D eigenvalue weighted by atomic mass is 9.80. The van der Waals surface area contributed by atoms with Crippen LogP contribution in [0, 0.1) is 0 Å². The predicted octanol–water partition coefficient (Wildman–Crippen LogP) is 3.72. The monoisotopic (exact) mass is 433 g/mol. The van der Waals surface area contributed by atoms with E-state index in [4.69, 9.17) is 8.94 Å². The highest BCUT2D eigenvalue weighted by molar-refractivity contribution is 5.58. The van der Waals surface area contributed by atoms with Gasteiger partial charge < -0.3 is 14.3 Å². The number of rotatable bonds is 7. The van der Waals surface area contributed by atoms with Crippen LogP contribution in [0.15, 0.2) is 45.3 Å². The van der Waals surface area contributed by atoms with E-state index in [2.05, 4.69) is 20.7 Å². The van der Waals surface area contributed by atoms with Gasteiger partial charge in [0.25, 0.3) is 0 Å². The van der Waals surface area contributed by atoms with Crippen molar-refractivity contribution in [3.63, 3.8) is 0 Å². The Balaban J connectivity index is 1.06. The number of hydrogen-bond donors (Lipinski definition) is 1. The second-order valence-electron chi connectivity index (χ2n) is 8.28. The number of nitrogens with zero attached hydrogens (tertiary/aromatic N) is 4. The quantitative estimate of drug-likeness (QED) is 0.608. The van der Waals surface area contributed by atoms with E-state index >= 15 is 0 Å². The zero-order valence-corrected chi connectivity index (χ0v) is 16.7. The van der Waals surface area contributed by atoms with Crippen molar-refractivity contribution in [1.82, 2.24) is 25.6 Å². The smallest absolute Gasteiger partial charge is 0.401 e. The summed E-state index contributed by atoms with van der Waals surface area (Å²) in [5.41, 5.74) is 1.83. The third-order valence-electron chi connectivity index (χ3n) is 5.85. The Morgan fingerprint density at radius 1 is 1.03 bits per heavy atom. The van der Waals surface area contributed by atoms with Crippen LogP contribution in [0.3, 0.4) is 0 Å². The molecule has 1 aromatic carbocycles. The first-order chi connectivity index (χ1) is 14.9. The molecule has 0 spiro atoms. The molecule has 2 aliphatic rings. The van der Waals surface area contributed by atoms with Crippen LogP contribution >= 0.6 is 0 Å². The van der Waals surface area contributed by atoms with E-state index in [1.165, 1.54) is 4.90 Å². The molecule has 31 heavy (non-hydrogen) atoms. The van der Waals surface area contributed by atoms with E-state index in [0.29, 0.717) is 37.5 Å². The molecule has 3 aromatic rings. The van der Waals surface area contributed by atoms with Crippen molar-refractivity contribution in [3.8, 4) is 11.3 Å². The van der Waals surface area contributed by atoms with Crippen LogP contribution in [0.5, 0.6) is 0 Å². The van der Waals surface area contributed by atoms with E-state index in [0.717, 1.165) is 29.9 Å². The molecule has 2 fully saturated rings. The van der Waals surface area contributed by atoms with Crippen LogP contribution in [0.2, 0.25) is 0 Å². The van der Waals surface area contributed by atoms with Crippen LogP contribution in [0.1, 0.15) is 42.2 Å². The zero-order chi connectivity index (χ0) is 21.4. The minimum absolute atomic E-state index is 0.108. The van der Waals surface area contributed by atoms with Crippen molar-refractivity contribution >= 4 is 0 Å². The molecule has 7 nitrogen and oxygen atoms in total. The highest BCUT2D eigenvalue weighted by atomic mass is 19.4. The van der Waals surface area contributed by atoms with Gasteiger partial charge >= 0.3 is 6.18 Å². The lowest BCUT2D eigenvalue weighted by molar-refractivity contribution is -0.155. The predicted molar refractivity (Wildman–Crippen MR) is 104 cm³/mol. The highest BCUT2D eigenvalue weighted by Crippen LogP contribution is 2.38. The minimum atomic E-state index is -4.17. The van der Waals surface area contributed by atoms with Crippen molar-refractivity contribution in [1.29, 1.82) is 0 Å². The molecule has 0 amide bonds. The molecule has 1 N–H and O–H groups in total. The number of likely N-dealkylation sites (tertiary alicyclic amines) is 1. The summed E-state index contributed by atoms with van der Waals surface area (Å²) in [5, 5.41) is 15.7. The van der Waals surface area contributed by atoms with Crippen LogP contribution in [0.25, 0.3) is 11.3 Å².